The van der Waals surface area contributed by atoms with E-state index in [0.717, 1.165) is 22.6 Å². The summed E-state index contributed by atoms with van der Waals surface area (Å²) in [5.74, 6) is 1.03. The molecule has 74 valence electrons. The van der Waals surface area contributed by atoms with Gasteiger partial charge in [-0.05, 0) is 41.1 Å². The third kappa shape index (κ3) is 1.38. The number of aromatic nitrogens is 2. The fourth-order valence-electron chi connectivity index (χ4n) is 2.30. The minimum atomic E-state index is 0.634. The summed E-state index contributed by atoms with van der Waals surface area (Å²) in [6, 6.07) is 5.38. The Labute approximate surface area is 96.2 Å². The molecule has 2 aliphatic rings. The number of anilines is 1. The van der Waals surface area contributed by atoms with Gasteiger partial charge >= 0.3 is 0 Å². The van der Waals surface area contributed by atoms with Crippen LogP contribution < -0.4 is 10.2 Å². The largest absolute Gasteiger partial charge is 0.349 e. The van der Waals surface area contributed by atoms with E-state index in [1.54, 1.807) is 0 Å². The molecule has 0 aromatic carbocycles. The first-order valence-corrected chi connectivity index (χ1v) is 5.90. The predicted octanol–water partition coefficient (Wildman–Crippen LogP) is 0.632. The van der Waals surface area contributed by atoms with Crippen molar-refractivity contribution >= 4 is 28.4 Å². The van der Waals surface area contributed by atoms with Crippen molar-refractivity contribution in [2.24, 2.45) is 0 Å². The molecule has 1 aromatic rings. The number of nitrogens with one attached hydrogen (secondary N) is 1. The molecule has 0 aliphatic carbocycles. The lowest BCUT2D eigenvalue weighted by Crippen LogP contribution is -2.44. The van der Waals surface area contributed by atoms with Gasteiger partial charge in [0.05, 0.1) is 0 Å². The molecule has 2 saturated heterocycles. The second-order valence-corrected chi connectivity index (χ2v) is 4.97. The zero-order chi connectivity index (χ0) is 9.54. The molecule has 1 N–H and O–H groups in total. The lowest BCUT2D eigenvalue weighted by Gasteiger charge is -2.27. The van der Waals surface area contributed by atoms with Crippen LogP contribution in [0.5, 0.6) is 0 Å². The molecular formula is C9H11IN4. The molecule has 3 heterocycles. The van der Waals surface area contributed by atoms with Crippen molar-refractivity contribution in [3.8, 4) is 0 Å². The molecule has 0 amide bonds. The van der Waals surface area contributed by atoms with Crippen LogP contribution in [0.1, 0.15) is 6.42 Å². The highest BCUT2D eigenvalue weighted by molar-refractivity contribution is 14.1. The minimum absolute atomic E-state index is 0.634. The van der Waals surface area contributed by atoms with Gasteiger partial charge in [0.2, 0.25) is 0 Å². The SMILES string of the molecule is Ic1ccc(N2C[C@H]3C[C@@H]2CN3)nn1. The number of nitrogens with zero attached hydrogens (tertiary/aromatic N) is 3. The first-order valence-electron chi connectivity index (χ1n) is 4.82. The summed E-state index contributed by atoms with van der Waals surface area (Å²) in [4.78, 5) is 2.37. The fourth-order valence-corrected chi connectivity index (χ4v) is 2.59. The van der Waals surface area contributed by atoms with Crippen molar-refractivity contribution < 1.29 is 0 Å². The van der Waals surface area contributed by atoms with Gasteiger partial charge in [0.1, 0.15) is 3.70 Å². The summed E-state index contributed by atoms with van der Waals surface area (Å²) in [7, 11) is 0. The molecule has 14 heavy (non-hydrogen) atoms. The summed E-state index contributed by atoms with van der Waals surface area (Å²) in [5, 5.41) is 11.8. The molecule has 0 unspecified atom stereocenters. The van der Waals surface area contributed by atoms with Gasteiger partial charge in [-0.2, -0.15) is 0 Å². The van der Waals surface area contributed by atoms with Crippen molar-refractivity contribution in [3.05, 3.63) is 15.8 Å². The summed E-state index contributed by atoms with van der Waals surface area (Å²) >= 11 is 2.18. The van der Waals surface area contributed by atoms with Crippen LogP contribution >= 0.6 is 22.6 Å². The van der Waals surface area contributed by atoms with E-state index < -0.39 is 0 Å². The van der Waals surface area contributed by atoms with Gasteiger partial charge in [-0.3, -0.25) is 0 Å². The first kappa shape index (κ1) is 8.84. The first-order chi connectivity index (χ1) is 6.83. The highest BCUT2D eigenvalue weighted by Crippen LogP contribution is 2.27. The van der Waals surface area contributed by atoms with E-state index in [-0.39, 0.29) is 0 Å². The maximum Gasteiger partial charge on any atom is 0.151 e. The minimum Gasteiger partial charge on any atom is -0.349 e. The van der Waals surface area contributed by atoms with Crippen LogP contribution in [0.25, 0.3) is 0 Å². The van der Waals surface area contributed by atoms with E-state index in [1.807, 2.05) is 6.07 Å². The number of halogens is 1. The van der Waals surface area contributed by atoms with Gasteiger partial charge < -0.3 is 10.2 Å². The van der Waals surface area contributed by atoms with Crippen LogP contribution in [0.15, 0.2) is 12.1 Å². The Kier molecular flexibility index (Phi) is 2.09. The number of hydrogen-bond acceptors (Lipinski definition) is 4. The molecule has 3 rings (SSSR count). The van der Waals surface area contributed by atoms with Gasteiger partial charge in [0, 0.05) is 25.2 Å². The molecule has 4 nitrogen and oxygen atoms in total. The van der Waals surface area contributed by atoms with Crippen molar-refractivity contribution in [1.82, 2.24) is 15.5 Å². The van der Waals surface area contributed by atoms with E-state index in [1.165, 1.54) is 6.42 Å². The lowest BCUT2D eigenvalue weighted by atomic mass is 10.2. The summed E-state index contributed by atoms with van der Waals surface area (Å²) < 4.78 is 0.953. The van der Waals surface area contributed by atoms with Crippen molar-refractivity contribution in [1.29, 1.82) is 0 Å². The standard InChI is InChI=1S/C9H11IN4/c10-8-1-2-9(13-12-8)14-5-6-3-7(14)4-11-6/h1-2,6-7,11H,3-5H2/t6-,7-/m1/s1. The smallest absolute Gasteiger partial charge is 0.151 e. The van der Waals surface area contributed by atoms with Crippen LogP contribution in [-0.4, -0.2) is 35.4 Å². The Morgan fingerprint density at radius 2 is 2.36 bits per heavy atom. The zero-order valence-electron chi connectivity index (χ0n) is 7.65. The van der Waals surface area contributed by atoms with Gasteiger partial charge in [-0.25, -0.2) is 0 Å². The van der Waals surface area contributed by atoms with E-state index >= 15 is 0 Å². The van der Waals surface area contributed by atoms with Gasteiger partial charge in [0.25, 0.3) is 0 Å². The van der Waals surface area contributed by atoms with Gasteiger partial charge in [-0.1, -0.05) is 0 Å². The van der Waals surface area contributed by atoms with Crippen molar-refractivity contribution in [3.63, 3.8) is 0 Å². The molecule has 2 fully saturated rings. The zero-order valence-corrected chi connectivity index (χ0v) is 9.81. The second-order valence-electron chi connectivity index (χ2n) is 3.86. The maximum absolute atomic E-state index is 4.22. The molecule has 2 aliphatic heterocycles. The fraction of sp³-hybridized carbons (Fsp3) is 0.556. The van der Waals surface area contributed by atoms with Gasteiger partial charge in [0.15, 0.2) is 5.82 Å². The Bertz CT molecular complexity index is 339. The Hall–Kier alpha value is -0.430. The topological polar surface area (TPSA) is 41.0 Å². The summed E-state index contributed by atoms with van der Waals surface area (Å²) in [6.07, 6.45) is 1.26. The maximum atomic E-state index is 4.22. The van der Waals surface area contributed by atoms with Crippen molar-refractivity contribution in [2.45, 2.75) is 18.5 Å². The number of hydrogen-bond donors (Lipinski definition) is 1. The van der Waals surface area contributed by atoms with Gasteiger partial charge in [-0.15, -0.1) is 10.2 Å². The molecule has 1 aromatic heterocycles. The molecule has 2 bridgehead atoms. The lowest BCUT2D eigenvalue weighted by molar-refractivity contribution is 0.574. The van der Waals surface area contributed by atoms with Crippen LogP contribution in [0.2, 0.25) is 0 Å². The number of piperazine rings is 1. The third-order valence-electron chi connectivity index (χ3n) is 2.97. The van der Waals surface area contributed by atoms with Crippen LogP contribution in [0.4, 0.5) is 5.82 Å². The van der Waals surface area contributed by atoms with Crippen molar-refractivity contribution in [2.75, 3.05) is 18.0 Å². The summed E-state index contributed by atoms with van der Waals surface area (Å²) in [5.41, 5.74) is 0. The molecular weight excluding hydrogens is 291 g/mol. The van der Waals surface area contributed by atoms with E-state index in [0.29, 0.717) is 12.1 Å². The highest BCUT2D eigenvalue weighted by Gasteiger charge is 2.38. The van der Waals surface area contributed by atoms with E-state index in [4.69, 9.17) is 0 Å². The van der Waals surface area contributed by atoms with E-state index in [2.05, 4.69) is 49.1 Å². The van der Waals surface area contributed by atoms with Crippen LogP contribution in [0, 0.1) is 3.70 Å². The van der Waals surface area contributed by atoms with E-state index in [9.17, 15) is 0 Å². The number of fused-ring (bicyclic) bond motifs is 2. The van der Waals surface area contributed by atoms with Crippen LogP contribution in [0.3, 0.4) is 0 Å². The average molecular weight is 302 g/mol. The molecule has 5 heteroatoms. The Morgan fingerprint density at radius 1 is 1.43 bits per heavy atom. The van der Waals surface area contributed by atoms with Crippen LogP contribution in [-0.2, 0) is 0 Å². The molecule has 0 radical (unpaired) electrons. The highest BCUT2D eigenvalue weighted by atomic mass is 127. The quantitative estimate of drug-likeness (QED) is 0.773. The normalized spacial score (nSPS) is 29.9. The molecule has 0 saturated carbocycles. The average Bonchev–Trinajstić information content (AvgIpc) is 2.80. The predicted molar refractivity (Wildman–Crippen MR) is 62.3 cm³/mol. The Morgan fingerprint density at radius 3 is 2.93 bits per heavy atom. The molecule has 2 atom stereocenters. The third-order valence-corrected chi connectivity index (χ3v) is 3.54. The monoisotopic (exact) mass is 302 g/mol. The second kappa shape index (κ2) is 3.30. The Balaban J connectivity index is 1.86. The summed E-state index contributed by atoms with van der Waals surface area (Å²) in [6.45, 7) is 2.18. The molecule has 0 spiro atoms. The number of rotatable bonds is 1.